The van der Waals surface area contributed by atoms with Crippen molar-refractivity contribution in [3.8, 4) is 0 Å². The van der Waals surface area contributed by atoms with Gasteiger partial charge in [-0.1, -0.05) is 0 Å². The average Bonchev–Trinajstić information content (AvgIpc) is 3.06. The van der Waals surface area contributed by atoms with Gasteiger partial charge >= 0.3 is 5.97 Å². The van der Waals surface area contributed by atoms with E-state index in [9.17, 15) is 9.59 Å². The molecule has 21 heavy (non-hydrogen) atoms. The minimum absolute atomic E-state index is 0.0419. The molecule has 1 amide bonds. The molecule has 2 aliphatic rings. The molecule has 6 nitrogen and oxygen atoms in total. The smallest absolute Gasteiger partial charge is 0.303 e. The van der Waals surface area contributed by atoms with E-state index in [0.717, 1.165) is 37.3 Å². The first kappa shape index (κ1) is 14.5. The van der Waals surface area contributed by atoms with Gasteiger partial charge in [0.15, 0.2) is 0 Å². The summed E-state index contributed by atoms with van der Waals surface area (Å²) in [5.41, 5.74) is 0.437. The minimum Gasteiger partial charge on any atom is -0.481 e. The number of hydrogen-bond donors (Lipinski definition) is 2. The summed E-state index contributed by atoms with van der Waals surface area (Å²) in [6, 6.07) is 0.0785. The van der Waals surface area contributed by atoms with Crippen LogP contribution in [-0.4, -0.2) is 34.6 Å². The van der Waals surface area contributed by atoms with Crippen LogP contribution in [-0.2, 0) is 9.53 Å². The predicted octanol–water partition coefficient (Wildman–Crippen LogP) is 1.98. The summed E-state index contributed by atoms with van der Waals surface area (Å²) in [5, 5.41) is 14.2. The second-order valence-corrected chi connectivity index (χ2v) is 6.57. The van der Waals surface area contributed by atoms with E-state index < -0.39 is 5.97 Å². The van der Waals surface area contributed by atoms with Gasteiger partial charge in [0.25, 0.3) is 5.91 Å². The van der Waals surface area contributed by atoms with E-state index in [1.54, 1.807) is 5.38 Å². The molecule has 2 heterocycles. The molecule has 1 atom stereocenters. The molecule has 0 bridgehead atoms. The predicted molar refractivity (Wildman–Crippen MR) is 76.3 cm³/mol. The van der Waals surface area contributed by atoms with Gasteiger partial charge in [0, 0.05) is 24.4 Å². The molecule has 1 aromatic rings. The van der Waals surface area contributed by atoms with Crippen molar-refractivity contribution >= 4 is 23.2 Å². The molecular weight excluding hydrogens is 292 g/mol. The molecule has 1 saturated carbocycles. The van der Waals surface area contributed by atoms with Crippen LogP contribution in [0.3, 0.4) is 0 Å². The molecule has 2 fully saturated rings. The third-order valence-electron chi connectivity index (χ3n) is 3.99. The van der Waals surface area contributed by atoms with Crippen LogP contribution >= 0.6 is 11.3 Å². The van der Waals surface area contributed by atoms with Gasteiger partial charge in [-0.05, 0) is 31.6 Å². The highest BCUT2D eigenvalue weighted by Crippen LogP contribution is 2.32. The molecule has 1 unspecified atom stereocenters. The maximum absolute atomic E-state index is 12.1. The molecule has 1 saturated heterocycles. The van der Waals surface area contributed by atoms with Gasteiger partial charge in [0.2, 0.25) is 0 Å². The number of rotatable bonds is 5. The number of nitrogens with one attached hydrogen (secondary N) is 1. The van der Waals surface area contributed by atoms with E-state index in [2.05, 4.69) is 10.3 Å². The first-order valence-corrected chi connectivity index (χ1v) is 8.09. The van der Waals surface area contributed by atoms with E-state index in [1.165, 1.54) is 11.3 Å². The van der Waals surface area contributed by atoms with E-state index >= 15 is 0 Å². The molecule has 0 spiro atoms. The van der Waals surface area contributed by atoms with E-state index in [1.807, 2.05) is 0 Å². The van der Waals surface area contributed by atoms with E-state index in [-0.39, 0.29) is 30.4 Å². The molecule has 114 valence electrons. The molecule has 0 radical (unpaired) electrons. The fraction of sp³-hybridized carbons (Fsp3) is 0.643. The summed E-state index contributed by atoms with van der Waals surface area (Å²) in [4.78, 5) is 27.0. The molecule has 1 aromatic heterocycles. The van der Waals surface area contributed by atoms with Crippen LogP contribution in [0.15, 0.2) is 5.38 Å². The quantitative estimate of drug-likeness (QED) is 0.868. The third kappa shape index (κ3) is 3.41. The van der Waals surface area contributed by atoms with Gasteiger partial charge in [-0.3, -0.25) is 9.59 Å². The van der Waals surface area contributed by atoms with Gasteiger partial charge in [-0.15, -0.1) is 11.3 Å². The number of hydrogen-bond acceptors (Lipinski definition) is 5. The molecule has 7 heteroatoms. The van der Waals surface area contributed by atoms with Crippen LogP contribution in [0.5, 0.6) is 0 Å². The maximum atomic E-state index is 12.1. The highest BCUT2D eigenvalue weighted by Gasteiger charge is 2.32. The van der Waals surface area contributed by atoms with Crippen molar-refractivity contribution in [1.82, 2.24) is 10.3 Å². The number of aliphatic carboxylic acids is 1. The first-order chi connectivity index (χ1) is 10.1. The largest absolute Gasteiger partial charge is 0.481 e. The molecule has 0 aromatic carbocycles. The topological polar surface area (TPSA) is 88.5 Å². The van der Waals surface area contributed by atoms with Crippen molar-refractivity contribution in [3.63, 3.8) is 0 Å². The lowest BCUT2D eigenvalue weighted by molar-refractivity contribution is -0.138. The zero-order valence-electron chi connectivity index (χ0n) is 11.6. The molecule has 3 rings (SSSR count). The molecule has 1 aliphatic carbocycles. The Morgan fingerprint density at radius 3 is 2.95 bits per heavy atom. The normalized spacial score (nSPS) is 28.1. The van der Waals surface area contributed by atoms with Crippen molar-refractivity contribution in [2.75, 3.05) is 6.61 Å². The lowest BCUT2D eigenvalue weighted by Gasteiger charge is -2.34. The Balaban J connectivity index is 1.49. The fourth-order valence-electron chi connectivity index (χ4n) is 2.84. The molecule has 1 aliphatic heterocycles. The standard InChI is InChI=1S/C14H18N2O4S/c17-12(18)6-8-4-9(5-8)15-13(19)10-7-21-14(16-10)11-2-1-3-20-11/h7-9,11H,1-6H2,(H,15,19)(H,17,18). The fourth-order valence-corrected chi connectivity index (χ4v) is 3.72. The Morgan fingerprint density at radius 2 is 2.29 bits per heavy atom. The number of thiazole rings is 1. The summed E-state index contributed by atoms with van der Waals surface area (Å²) in [7, 11) is 0. The lowest BCUT2D eigenvalue weighted by Crippen LogP contribution is -2.44. The zero-order valence-corrected chi connectivity index (χ0v) is 12.4. The molecule has 2 N–H and O–H groups in total. The number of carboxylic acids is 1. The number of amides is 1. The van der Waals surface area contributed by atoms with Gasteiger partial charge < -0.3 is 15.2 Å². The highest BCUT2D eigenvalue weighted by molar-refractivity contribution is 7.09. The number of aromatic nitrogens is 1. The minimum atomic E-state index is -0.773. The average molecular weight is 310 g/mol. The van der Waals surface area contributed by atoms with Crippen LogP contribution < -0.4 is 5.32 Å². The summed E-state index contributed by atoms with van der Waals surface area (Å²) in [6.45, 7) is 0.763. The Hall–Kier alpha value is -1.47. The van der Waals surface area contributed by atoms with Crippen LogP contribution in [0.4, 0.5) is 0 Å². The van der Waals surface area contributed by atoms with E-state index in [4.69, 9.17) is 9.84 Å². The number of nitrogens with zero attached hydrogens (tertiary/aromatic N) is 1. The van der Waals surface area contributed by atoms with E-state index in [0.29, 0.717) is 5.69 Å². The van der Waals surface area contributed by atoms with Crippen molar-refractivity contribution < 1.29 is 19.4 Å². The van der Waals surface area contributed by atoms with Crippen molar-refractivity contribution in [2.24, 2.45) is 5.92 Å². The Bertz CT molecular complexity index is 533. The SMILES string of the molecule is O=C(O)CC1CC(NC(=O)c2csc(C3CCCO3)n2)C1. The van der Waals surface area contributed by atoms with Gasteiger partial charge in [0.05, 0.1) is 0 Å². The lowest BCUT2D eigenvalue weighted by atomic mass is 9.78. The third-order valence-corrected chi connectivity index (χ3v) is 4.93. The second-order valence-electron chi connectivity index (χ2n) is 5.68. The number of carbonyl (C=O) groups excluding carboxylic acids is 1. The summed E-state index contributed by atoms with van der Waals surface area (Å²) < 4.78 is 5.56. The second kappa shape index (κ2) is 6.11. The van der Waals surface area contributed by atoms with Gasteiger partial charge in [0.1, 0.15) is 16.8 Å². The van der Waals surface area contributed by atoms with Crippen molar-refractivity contribution in [2.45, 2.75) is 44.2 Å². The molecular formula is C14H18N2O4S. The van der Waals surface area contributed by atoms with Gasteiger partial charge in [-0.25, -0.2) is 4.98 Å². The Kier molecular flexibility index (Phi) is 4.21. The Morgan fingerprint density at radius 1 is 1.48 bits per heavy atom. The van der Waals surface area contributed by atoms with Crippen LogP contribution in [0, 0.1) is 5.92 Å². The van der Waals surface area contributed by atoms with Crippen LogP contribution in [0.2, 0.25) is 0 Å². The summed E-state index contributed by atoms with van der Waals surface area (Å²) >= 11 is 1.46. The zero-order chi connectivity index (χ0) is 14.8. The highest BCUT2D eigenvalue weighted by atomic mass is 32.1. The summed E-state index contributed by atoms with van der Waals surface area (Å²) in [6.07, 6.45) is 3.71. The number of ether oxygens (including phenoxy) is 1. The van der Waals surface area contributed by atoms with Gasteiger partial charge in [-0.2, -0.15) is 0 Å². The van der Waals surface area contributed by atoms with Crippen molar-refractivity contribution in [3.05, 3.63) is 16.1 Å². The summed E-state index contributed by atoms with van der Waals surface area (Å²) in [5.74, 6) is -0.759. The number of carbonyl (C=O) groups is 2. The monoisotopic (exact) mass is 310 g/mol. The van der Waals surface area contributed by atoms with Crippen LogP contribution in [0.1, 0.15) is 53.7 Å². The Labute approximate surface area is 126 Å². The first-order valence-electron chi connectivity index (χ1n) is 7.21. The number of carboxylic acid groups (broad SMARTS) is 1. The maximum Gasteiger partial charge on any atom is 0.303 e. The van der Waals surface area contributed by atoms with Crippen molar-refractivity contribution in [1.29, 1.82) is 0 Å². The van der Waals surface area contributed by atoms with Crippen LogP contribution in [0.25, 0.3) is 0 Å².